The van der Waals surface area contributed by atoms with Crippen LogP contribution < -0.4 is 20.2 Å². The van der Waals surface area contributed by atoms with Crippen LogP contribution in [0.2, 0.25) is 5.02 Å². The summed E-state index contributed by atoms with van der Waals surface area (Å²) in [6, 6.07) is 17.5. The fourth-order valence-electron chi connectivity index (χ4n) is 3.60. The second-order valence-corrected chi connectivity index (χ2v) is 8.05. The highest BCUT2D eigenvalue weighted by Gasteiger charge is 2.20. The van der Waals surface area contributed by atoms with Gasteiger partial charge in [-0.3, -0.25) is 9.59 Å². The molecule has 6 nitrogen and oxygen atoms in total. The normalized spacial score (nSPS) is 10.8. The molecule has 0 aliphatic carbocycles. The quantitative estimate of drug-likeness (QED) is 0.393. The van der Waals surface area contributed by atoms with Gasteiger partial charge in [-0.05, 0) is 79.6 Å². The van der Waals surface area contributed by atoms with Gasteiger partial charge in [-0.15, -0.1) is 0 Å². The van der Waals surface area contributed by atoms with Crippen LogP contribution in [0, 0.1) is 13.8 Å². The first-order chi connectivity index (χ1) is 15.9. The second-order valence-electron chi connectivity index (χ2n) is 7.62. The first-order valence-corrected chi connectivity index (χ1v) is 10.6. The van der Waals surface area contributed by atoms with Gasteiger partial charge in [0.2, 0.25) is 11.2 Å². The lowest BCUT2D eigenvalue weighted by atomic mass is 10.0. The number of carbonyl (C=O) groups excluding carboxylic acids is 1. The Kier molecular flexibility index (Phi) is 6.38. The largest absolute Gasteiger partial charge is 0.497 e. The maximum Gasteiger partial charge on any atom is 0.262 e. The molecule has 168 valence electrons. The van der Waals surface area contributed by atoms with Gasteiger partial charge < -0.3 is 19.2 Å². The van der Waals surface area contributed by atoms with Gasteiger partial charge in [-0.25, -0.2) is 0 Å². The predicted octanol–water partition coefficient (Wildman–Crippen LogP) is 5.76. The third kappa shape index (κ3) is 4.86. The highest BCUT2D eigenvalue weighted by atomic mass is 35.5. The van der Waals surface area contributed by atoms with Gasteiger partial charge in [0, 0.05) is 16.3 Å². The number of methoxy groups -OCH3 is 1. The van der Waals surface area contributed by atoms with E-state index in [4.69, 9.17) is 25.5 Å². The summed E-state index contributed by atoms with van der Waals surface area (Å²) in [7, 11) is 1.57. The number of fused-ring (bicyclic) bond motifs is 1. The van der Waals surface area contributed by atoms with E-state index in [2.05, 4.69) is 5.32 Å². The van der Waals surface area contributed by atoms with Gasteiger partial charge >= 0.3 is 0 Å². The average Bonchev–Trinajstić information content (AvgIpc) is 2.79. The van der Waals surface area contributed by atoms with Crippen molar-refractivity contribution in [3.8, 4) is 22.8 Å². The maximum absolute atomic E-state index is 13.4. The number of aryl methyl sites for hydroxylation is 2. The Bertz CT molecular complexity index is 1380. The van der Waals surface area contributed by atoms with Gasteiger partial charge in [0.05, 0.1) is 12.5 Å². The van der Waals surface area contributed by atoms with Crippen LogP contribution in [-0.4, -0.2) is 19.6 Å². The first-order valence-electron chi connectivity index (χ1n) is 10.3. The lowest BCUT2D eigenvalue weighted by molar-refractivity contribution is -0.118. The topological polar surface area (TPSA) is 77.8 Å². The fraction of sp³-hybridized carbons (Fsp3) is 0.154. The molecule has 0 atom stereocenters. The van der Waals surface area contributed by atoms with E-state index in [-0.39, 0.29) is 23.5 Å². The number of benzene rings is 3. The fourth-order valence-corrected chi connectivity index (χ4v) is 3.73. The minimum Gasteiger partial charge on any atom is -0.497 e. The van der Waals surface area contributed by atoms with Gasteiger partial charge in [-0.2, -0.15) is 0 Å². The van der Waals surface area contributed by atoms with Crippen LogP contribution in [0.4, 0.5) is 5.69 Å². The van der Waals surface area contributed by atoms with Crippen molar-refractivity contribution in [1.82, 2.24) is 0 Å². The molecule has 0 saturated carbocycles. The third-order valence-electron chi connectivity index (χ3n) is 5.12. The molecule has 1 N–H and O–H groups in total. The number of amides is 1. The smallest absolute Gasteiger partial charge is 0.262 e. The molecule has 1 aromatic heterocycles. The number of halogens is 1. The Morgan fingerprint density at radius 1 is 1.03 bits per heavy atom. The molecule has 0 spiro atoms. The summed E-state index contributed by atoms with van der Waals surface area (Å²) in [6.07, 6.45) is 0. The summed E-state index contributed by atoms with van der Waals surface area (Å²) in [5.74, 6) is 0.474. The maximum atomic E-state index is 13.4. The molecule has 1 heterocycles. The van der Waals surface area contributed by atoms with E-state index >= 15 is 0 Å². The molecule has 0 unspecified atom stereocenters. The van der Waals surface area contributed by atoms with Gasteiger partial charge in [0.15, 0.2) is 12.4 Å². The Labute approximate surface area is 195 Å². The molecule has 0 fully saturated rings. The molecule has 0 bridgehead atoms. The van der Waals surface area contributed by atoms with E-state index in [1.165, 1.54) is 0 Å². The Hall–Kier alpha value is -3.77. The monoisotopic (exact) mass is 463 g/mol. The molecule has 0 radical (unpaired) electrons. The Morgan fingerprint density at radius 3 is 2.39 bits per heavy atom. The van der Waals surface area contributed by atoms with Crippen molar-refractivity contribution in [2.45, 2.75) is 13.8 Å². The molecule has 4 rings (SSSR count). The molecule has 0 aliphatic rings. The molecular formula is C26H22ClNO5. The van der Waals surface area contributed by atoms with Crippen molar-refractivity contribution < 1.29 is 18.7 Å². The molecule has 0 aliphatic heterocycles. The van der Waals surface area contributed by atoms with E-state index < -0.39 is 5.91 Å². The Morgan fingerprint density at radius 2 is 1.73 bits per heavy atom. The average molecular weight is 464 g/mol. The molecule has 4 aromatic rings. The summed E-state index contributed by atoms with van der Waals surface area (Å²) in [5.41, 5.74) is 3.07. The molecule has 33 heavy (non-hydrogen) atoms. The van der Waals surface area contributed by atoms with Crippen molar-refractivity contribution in [2.75, 3.05) is 19.0 Å². The van der Waals surface area contributed by atoms with Gasteiger partial charge in [0.25, 0.3) is 5.91 Å². The summed E-state index contributed by atoms with van der Waals surface area (Å²) < 4.78 is 17.1. The lowest BCUT2D eigenvalue weighted by Crippen LogP contribution is -2.22. The lowest BCUT2D eigenvalue weighted by Gasteiger charge is -2.13. The van der Waals surface area contributed by atoms with Crippen LogP contribution in [0.5, 0.6) is 11.5 Å². The second kappa shape index (κ2) is 9.38. The zero-order chi connectivity index (χ0) is 23.5. The number of ether oxygens (including phenoxy) is 2. The van der Waals surface area contributed by atoms with E-state index in [9.17, 15) is 9.59 Å². The van der Waals surface area contributed by atoms with Crippen molar-refractivity contribution in [3.63, 3.8) is 0 Å². The minimum absolute atomic E-state index is 0.0223. The highest BCUT2D eigenvalue weighted by Crippen LogP contribution is 2.33. The Balaban J connectivity index is 1.72. The number of nitrogens with one attached hydrogen (secondary N) is 1. The van der Waals surface area contributed by atoms with Crippen LogP contribution in [0.25, 0.3) is 22.3 Å². The van der Waals surface area contributed by atoms with Crippen molar-refractivity contribution in [1.29, 1.82) is 0 Å². The van der Waals surface area contributed by atoms with E-state index in [0.717, 1.165) is 11.1 Å². The van der Waals surface area contributed by atoms with Crippen molar-refractivity contribution in [3.05, 3.63) is 87.0 Å². The van der Waals surface area contributed by atoms with E-state index in [0.29, 0.717) is 33.0 Å². The molecule has 7 heteroatoms. The zero-order valence-electron chi connectivity index (χ0n) is 18.4. The summed E-state index contributed by atoms with van der Waals surface area (Å²) in [5, 5.41) is 3.70. The SMILES string of the molecule is COc1ccc(-c2oc3cc(C)cc(C)c3c(=O)c2OCC(=O)Nc2ccc(Cl)cc2)cc1. The van der Waals surface area contributed by atoms with Crippen LogP contribution in [-0.2, 0) is 4.79 Å². The van der Waals surface area contributed by atoms with Crippen molar-refractivity contribution in [2.24, 2.45) is 0 Å². The van der Waals surface area contributed by atoms with Gasteiger partial charge in [0.1, 0.15) is 11.3 Å². The first kappa shape index (κ1) is 22.4. The molecule has 3 aromatic carbocycles. The van der Waals surface area contributed by atoms with Crippen LogP contribution in [0.1, 0.15) is 11.1 Å². The standard InChI is InChI=1S/C26H22ClNO5/c1-15-12-16(2)23-21(13-15)33-25(17-4-10-20(31-3)11-5-17)26(24(23)30)32-14-22(29)28-19-8-6-18(27)7-9-19/h4-13H,14H2,1-3H3,(H,28,29). The highest BCUT2D eigenvalue weighted by molar-refractivity contribution is 6.30. The molecule has 1 amide bonds. The number of hydrogen-bond acceptors (Lipinski definition) is 5. The number of hydrogen-bond donors (Lipinski definition) is 1. The summed E-state index contributed by atoms with van der Waals surface area (Å²) >= 11 is 5.88. The molecular weight excluding hydrogens is 442 g/mol. The summed E-state index contributed by atoms with van der Waals surface area (Å²) in [4.78, 5) is 25.9. The van der Waals surface area contributed by atoms with Gasteiger partial charge in [-0.1, -0.05) is 17.7 Å². The van der Waals surface area contributed by atoms with E-state index in [1.807, 2.05) is 26.0 Å². The number of rotatable bonds is 6. The van der Waals surface area contributed by atoms with Crippen molar-refractivity contribution >= 4 is 34.2 Å². The zero-order valence-corrected chi connectivity index (χ0v) is 19.2. The number of anilines is 1. The number of carbonyl (C=O) groups is 1. The molecule has 0 saturated heterocycles. The van der Waals surface area contributed by atoms with Crippen LogP contribution >= 0.6 is 11.6 Å². The van der Waals surface area contributed by atoms with Crippen LogP contribution in [0.15, 0.2) is 69.9 Å². The van der Waals surface area contributed by atoms with Crippen LogP contribution in [0.3, 0.4) is 0 Å². The summed E-state index contributed by atoms with van der Waals surface area (Å²) in [6.45, 7) is 3.41. The third-order valence-corrected chi connectivity index (χ3v) is 5.37. The minimum atomic E-state index is -0.418. The van der Waals surface area contributed by atoms with E-state index in [1.54, 1.807) is 55.6 Å². The predicted molar refractivity (Wildman–Crippen MR) is 130 cm³/mol.